The first-order valence-electron chi connectivity index (χ1n) is 6.03. The molecular formula is C13H15NO3. The summed E-state index contributed by atoms with van der Waals surface area (Å²) < 4.78 is 0. The van der Waals surface area contributed by atoms with Gasteiger partial charge in [0.2, 0.25) is 0 Å². The van der Waals surface area contributed by atoms with Gasteiger partial charge in [0.05, 0.1) is 18.2 Å². The van der Waals surface area contributed by atoms with Crippen LogP contribution in [0.1, 0.15) is 25.7 Å². The minimum Gasteiger partial charge on any atom is -0.508 e. The van der Waals surface area contributed by atoms with Crippen LogP contribution >= 0.6 is 0 Å². The van der Waals surface area contributed by atoms with Gasteiger partial charge in [-0.1, -0.05) is 12.5 Å². The number of hydrogen-bond donors (Lipinski definition) is 1. The molecule has 0 aromatic heterocycles. The van der Waals surface area contributed by atoms with Gasteiger partial charge >= 0.3 is 0 Å². The third-order valence-electron chi connectivity index (χ3n) is 3.58. The van der Waals surface area contributed by atoms with Gasteiger partial charge in [-0.2, -0.15) is 5.06 Å². The summed E-state index contributed by atoms with van der Waals surface area (Å²) in [5.41, 5.74) is 0.608. The van der Waals surface area contributed by atoms with Crippen molar-refractivity contribution in [3.05, 3.63) is 24.3 Å². The van der Waals surface area contributed by atoms with Gasteiger partial charge in [-0.05, 0) is 30.9 Å². The van der Waals surface area contributed by atoms with Crippen LogP contribution in [0, 0.1) is 5.92 Å². The van der Waals surface area contributed by atoms with E-state index in [-0.39, 0.29) is 17.8 Å². The fraction of sp³-hybridized carbons (Fsp3) is 0.462. The third-order valence-corrected chi connectivity index (χ3v) is 3.58. The molecule has 0 bridgehead atoms. The normalized spacial score (nSPS) is 25.1. The number of hydroxylamine groups is 1. The molecule has 1 heterocycles. The Balaban J connectivity index is 1.77. The number of rotatable bonds is 2. The number of carbonyl (C=O) groups excluding carboxylic acids is 1. The molecule has 1 saturated carbocycles. The molecule has 0 radical (unpaired) electrons. The number of phenolic OH excluding ortho intramolecular Hbond substituents is 1. The molecule has 1 aliphatic heterocycles. The van der Waals surface area contributed by atoms with E-state index >= 15 is 0 Å². The highest BCUT2D eigenvalue weighted by atomic mass is 16.7. The van der Waals surface area contributed by atoms with Crippen molar-refractivity contribution in [2.75, 3.05) is 5.06 Å². The Morgan fingerprint density at radius 1 is 1.35 bits per heavy atom. The van der Waals surface area contributed by atoms with Crippen molar-refractivity contribution < 1.29 is 14.7 Å². The molecule has 4 heteroatoms. The lowest BCUT2D eigenvalue weighted by Gasteiger charge is -2.30. The highest BCUT2D eigenvalue weighted by molar-refractivity contribution is 5.93. The van der Waals surface area contributed by atoms with Crippen molar-refractivity contribution in [1.29, 1.82) is 0 Å². The summed E-state index contributed by atoms with van der Waals surface area (Å²) in [6.07, 6.45) is 4.04. The van der Waals surface area contributed by atoms with Gasteiger partial charge in [-0.15, -0.1) is 0 Å². The van der Waals surface area contributed by atoms with E-state index in [2.05, 4.69) is 0 Å². The number of anilines is 1. The van der Waals surface area contributed by atoms with E-state index in [9.17, 15) is 9.90 Å². The van der Waals surface area contributed by atoms with Crippen molar-refractivity contribution in [2.45, 2.75) is 31.8 Å². The molecule has 90 valence electrons. The first-order chi connectivity index (χ1) is 8.24. The Kier molecular flexibility index (Phi) is 2.52. The molecule has 2 fully saturated rings. The van der Waals surface area contributed by atoms with Crippen LogP contribution in [0.2, 0.25) is 0 Å². The van der Waals surface area contributed by atoms with Gasteiger partial charge in [0.25, 0.3) is 5.91 Å². The maximum atomic E-state index is 11.9. The number of nitrogens with zero attached hydrogens (tertiary/aromatic N) is 1. The molecule has 3 rings (SSSR count). The van der Waals surface area contributed by atoms with Crippen molar-refractivity contribution in [3.63, 3.8) is 0 Å². The van der Waals surface area contributed by atoms with Crippen LogP contribution < -0.4 is 5.06 Å². The summed E-state index contributed by atoms with van der Waals surface area (Å²) in [5.74, 6) is 0.653. The van der Waals surface area contributed by atoms with E-state index in [1.54, 1.807) is 24.3 Å². The summed E-state index contributed by atoms with van der Waals surface area (Å²) in [6, 6.07) is 6.59. The Morgan fingerprint density at radius 2 is 2.18 bits per heavy atom. The standard InChI is InChI=1S/C13H15NO3/c15-11-6-2-5-10(7-11)14-13(16)8-12(17-14)9-3-1-4-9/h2,5-7,9,12,15H,1,3-4,8H2. The molecule has 1 amide bonds. The Hall–Kier alpha value is -1.55. The predicted octanol–water partition coefficient (Wildman–Crippen LogP) is 2.23. The van der Waals surface area contributed by atoms with E-state index in [0.29, 0.717) is 18.0 Å². The number of phenols is 1. The average Bonchev–Trinajstić information content (AvgIpc) is 2.57. The van der Waals surface area contributed by atoms with Crippen molar-refractivity contribution in [2.24, 2.45) is 5.92 Å². The second-order valence-corrected chi connectivity index (χ2v) is 4.75. The zero-order chi connectivity index (χ0) is 11.8. The molecule has 1 saturated heterocycles. The van der Waals surface area contributed by atoms with Crippen LogP contribution in [0.25, 0.3) is 0 Å². The number of aromatic hydroxyl groups is 1. The van der Waals surface area contributed by atoms with E-state index in [1.807, 2.05) is 0 Å². The molecule has 17 heavy (non-hydrogen) atoms. The van der Waals surface area contributed by atoms with Crippen molar-refractivity contribution in [1.82, 2.24) is 0 Å². The first-order valence-corrected chi connectivity index (χ1v) is 6.03. The van der Waals surface area contributed by atoms with Crippen molar-refractivity contribution in [3.8, 4) is 5.75 Å². The van der Waals surface area contributed by atoms with E-state index in [0.717, 1.165) is 12.8 Å². The second-order valence-electron chi connectivity index (χ2n) is 4.75. The van der Waals surface area contributed by atoms with Gasteiger partial charge in [0.1, 0.15) is 5.75 Å². The Labute approximate surface area is 99.8 Å². The van der Waals surface area contributed by atoms with Crippen LogP contribution in [-0.2, 0) is 9.63 Å². The molecule has 4 nitrogen and oxygen atoms in total. The summed E-state index contributed by atoms with van der Waals surface area (Å²) in [4.78, 5) is 17.6. The SMILES string of the molecule is O=C1CC(C2CCC2)ON1c1cccc(O)c1. The van der Waals surface area contributed by atoms with Gasteiger partial charge in [0, 0.05) is 6.07 Å². The minimum absolute atomic E-state index is 0.0208. The maximum absolute atomic E-state index is 11.9. The molecule has 1 atom stereocenters. The Bertz CT molecular complexity index is 442. The van der Waals surface area contributed by atoms with Crippen LogP contribution in [0.3, 0.4) is 0 Å². The monoisotopic (exact) mass is 233 g/mol. The largest absolute Gasteiger partial charge is 0.508 e. The zero-order valence-electron chi connectivity index (χ0n) is 9.50. The van der Waals surface area contributed by atoms with E-state index < -0.39 is 0 Å². The van der Waals surface area contributed by atoms with Gasteiger partial charge in [-0.25, -0.2) is 0 Å². The lowest BCUT2D eigenvalue weighted by molar-refractivity contribution is -0.119. The number of hydrogen-bond acceptors (Lipinski definition) is 3. The van der Waals surface area contributed by atoms with Crippen LogP contribution in [0.5, 0.6) is 5.75 Å². The molecule has 1 unspecified atom stereocenters. The fourth-order valence-corrected chi connectivity index (χ4v) is 2.38. The Morgan fingerprint density at radius 3 is 2.82 bits per heavy atom. The number of carbonyl (C=O) groups is 1. The van der Waals surface area contributed by atoms with Gasteiger partial charge < -0.3 is 5.11 Å². The molecule has 0 spiro atoms. The zero-order valence-corrected chi connectivity index (χ0v) is 9.50. The van der Waals surface area contributed by atoms with E-state index in [4.69, 9.17) is 4.84 Å². The number of benzene rings is 1. The number of amides is 1. The topological polar surface area (TPSA) is 49.8 Å². The fourth-order valence-electron chi connectivity index (χ4n) is 2.38. The summed E-state index contributed by atoms with van der Waals surface area (Å²) in [5, 5.41) is 10.7. The van der Waals surface area contributed by atoms with Crippen molar-refractivity contribution >= 4 is 11.6 Å². The highest BCUT2D eigenvalue weighted by Gasteiger charge is 2.39. The smallest absolute Gasteiger partial charge is 0.253 e. The van der Waals surface area contributed by atoms with Crippen LogP contribution in [-0.4, -0.2) is 17.1 Å². The first kappa shape index (κ1) is 10.6. The average molecular weight is 233 g/mol. The predicted molar refractivity (Wildman–Crippen MR) is 62.4 cm³/mol. The molecular weight excluding hydrogens is 218 g/mol. The maximum Gasteiger partial charge on any atom is 0.253 e. The molecule has 1 N–H and O–H groups in total. The molecule has 1 aromatic rings. The molecule has 2 aliphatic rings. The lowest BCUT2D eigenvalue weighted by Crippen LogP contribution is -2.28. The highest BCUT2D eigenvalue weighted by Crippen LogP contribution is 2.37. The molecule has 1 aliphatic carbocycles. The lowest BCUT2D eigenvalue weighted by atomic mass is 9.80. The second kappa shape index (κ2) is 4.04. The summed E-state index contributed by atoms with van der Waals surface area (Å²) in [6.45, 7) is 0. The van der Waals surface area contributed by atoms with Gasteiger partial charge in [0.15, 0.2) is 0 Å². The van der Waals surface area contributed by atoms with E-state index in [1.165, 1.54) is 11.5 Å². The summed E-state index contributed by atoms with van der Waals surface area (Å²) in [7, 11) is 0. The summed E-state index contributed by atoms with van der Waals surface area (Å²) >= 11 is 0. The minimum atomic E-state index is -0.0208. The molecule has 1 aromatic carbocycles. The van der Waals surface area contributed by atoms with Crippen LogP contribution in [0.4, 0.5) is 5.69 Å². The van der Waals surface area contributed by atoms with Crippen LogP contribution in [0.15, 0.2) is 24.3 Å². The quantitative estimate of drug-likeness (QED) is 0.852. The third kappa shape index (κ3) is 1.89. The van der Waals surface area contributed by atoms with Gasteiger partial charge in [-0.3, -0.25) is 9.63 Å².